The van der Waals surface area contributed by atoms with Crippen LogP contribution in [0.25, 0.3) is 0 Å². The summed E-state index contributed by atoms with van der Waals surface area (Å²) in [5.74, 6) is 0. The maximum absolute atomic E-state index is 4.96. The van der Waals surface area contributed by atoms with Gasteiger partial charge in [-0.15, -0.1) is 16.4 Å². The van der Waals surface area contributed by atoms with Crippen molar-refractivity contribution in [1.82, 2.24) is 5.53 Å². The first kappa shape index (κ1) is 7.74. The van der Waals surface area contributed by atoms with E-state index in [0.29, 0.717) is 0 Å². The summed E-state index contributed by atoms with van der Waals surface area (Å²) >= 11 is 1.61. The van der Waals surface area contributed by atoms with Gasteiger partial charge in [0.2, 0.25) is 0 Å². The lowest BCUT2D eigenvalue weighted by molar-refractivity contribution is 0.817. The molecule has 0 aliphatic rings. The van der Waals surface area contributed by atoms with E-state index in [1.807, 2.05) is 17.5 Å². The van der Waals surface area contributed by atoms with Crippen molar-refractivity contribution in [1.29, 1.82) is 0 Å². The summed E-state index contributed by atoms with van der Waals surface area (Å²) in [6.45, 7) is 0. The molecule has 1 aromatic heterocycles. The minimum Gasteiger partial charge on any atom is -0.388 e. The molecular formula is C6H8N4S. The largest absolute Gasteiger partial charge is 0.388 e. The highest BCUT2D eigenvalue weighted by Crippen LogP contribution is 2.03. The second-order valence-corrected chi connectivity index (χ2v) is 2.63. The van der Waals surface area contributed by atoms with Crippen molar-refractivity contribution >= 4 is 23.9 Å². The lowest BCUT2D eigenvalue weighted by Gasteiger charge is -1.84. The molecule has 0 saturated carbocycles. The molecule has 0 aromatic carbocycles. The topological polar surface area (TPSA) is 62.8 Å². The van der Waals surface area contributed by atoms with Crippen molar-refractivity contribution in [2.45, 2.75) is 0 Å². The molecule has 5 heteroatoms. The van der Waals surface area contributed by atoms with Crippen LogP contribution in [-0.4, -0.2) is 12.6 Å². The Balaban J connectivity index is 2.37. The van der Waals surface area contributed by atoms with Gasteiger partial charge in [-0.3, -0.25) is 0 Å². The number of hydrogen-bond donors (Lipinski definition) is 2. The molecule has 0 aliphatic heterocycles. The second kappa shape index (κ2) is 4.45. The Morgan fingerprint density at radius 2 is 2.45 bits per heavy atom. The molecule has 0 aliphatic carbocycles. The molecule has 4 nitrogen and oxygen atoms in total. The molecule has 0 atom stereocenters. The summed E-state index contributed by atoms with van der Waals surface area (Å²) in [6, 6.07) is 3.92. The molecule has 58 valence electrons. The highest BCUT2D eigenvalue weighted by molar-refractivity contribution is 7.11. The van der Waals surface area contributed by atoms with E-state index in [4.69, 9.17) is 5.73 Å². The minimum absolute atomic E-state index is 1.07. The van der Waals surface area contributed by atoms with Gasteiger partial charge in [-0.2, -0.15) is 10.6 Å². The maximum atomic E-state index is 4.96. The van der Waals surface area contributed by atoms with Crippen molar-refractivity contribution in [3.8, 4) is 0 Å². The summed E-state index contributed by atoms with van der Waals surface area (Å²) in [4.78, 5) is 1.07. The van der Waals surface area contributed by atoms with Gasteiger partial charge in [0.05, 0.1) is 6.21 Å². The zero-order valence-electron chi connectivity index (χ0n) is 5.77. The number of nitrogens with zero attached hydrogens (tertiary/aromatic N) is 2. The second-order valence-electron chi connectivity index (χ2n) is 1.65. The predicted molar refractivity (Wildman–Crippen MR) is 47.7 cm³/mol. The number of rotatable bonds is 3. The standard InChI is InChI=1S/C6H8N4S/c7-5-9-10-8-4-6-2-1-3-11-6/h1-5,10H,(H2,7,9)/b8-4+. The molecule has 1 aromatic rings. The summed E-state index contributed by atoms with van der Waals surface area (Å²) in [7, 11) is 0. The van der Waals surface area contributed by atoms with Crippen LogP contribution in [0.4, 0.5) is 0 Å². The van der Waals surface area contributed by atoms with Gasteiger partial charge in [0, 0.05) is 4.88 Å². The molecule has 0 spiro atoms. The van der Waals surface area contributed by atoms with Gasteiger partial charge in [-0.1, -0.05) is 6.07 Å². The molecular weight excluding hydrogens is 160 g/mol. The molecule has 0 fully saturated rings. The summed E-state index contributed by atoms with van der Waals surface area (Å²) in [5.41, 5.74) is 7.36. The first-order valence-electron chi connectivity index (χ1n) is 2.98. The van der Waals surface area contributed by atoms with E-state index < -0.39 is 0 Å². The Morgan fingerprint density at radius 1 is 1.55 bits per heavy atom. The smallest absolute Gasteiger partial charge is 0.108 e. The van der Waals surface area contributed by atoms with Gasteiger partial charge in [-0.25, -0.2) is 0 Å². The van der Waals surface area contributed by atoms with Gasteiger partial charge in [0.1, 0.15) is 6.34 Å². The Bertz CT molecular complexity index is 239. The van der Waals surface area contributed by atoms with Gasteiger partial charge in [0.15, 0.2) is 0 Å². The van der Waals surface area contributed by atoms with Crippen LogP contribution in [0.5, 0.6) is 0 Å². The van der Waals surface area contributed by atoms with Crippen LogP contribution in [0, 0.1) is 0 Å². The Labute approximate surface area is 68.4 Å². The number of thiophene rings is 1. The average molecular weight is 168 g/mol. The van der Waals surface area contributed by atoms with Gasteiger partial charge < -0.3 is 5.73 Å². The third-order valence-corrected chi connectivity index (χ3v) is 1.73. The van der Waals surface area contributed by atoms with Crippen molar-refractivity contribution in [3.63, 3.8) is 0 Å². The molecule has 1 rings (SSSR count). The molecule has 0 amide bonds. The van der Waals surface area contributed by atoms with E-state index in [0.717, 1.165) is 11.2 Å². The summed E-state index contributed by atoms with van der Waals surface area (Å²) < 4.78 is 0. The number of hydrazone groups is 2. The third-order valence-electron chi connectivity index (χ3n) is 0.925. The van der Waals surface area contributed by atoms with Crippen molar-refractivity contribution < 1.29 is 0 Å². The Kier molecular flexibility index (Phi) is 3.14. The number of nitrogens with two attached hydrogens (primary N) is 1. The SMILES string of the molecule is N/C=N\N/N=C/c1cccs1. The minimum atomic E-state index is 1.07. The molecule has 11 heavy (non-hydrogen) atoms. The van der Waals surface area contributed by atoms with Crippen LogP contribution in [-0.2, 0) is 0 Å². The van der Waals surface area contributed by atoms with Gasteiger partial charge in [-0.05, 0) is 11.4 Å². The highest BCUT2D eigenvalue weighted by Gasteiger charge is 1.83. The predicted octanol–water partition coefficient (Wildman–Crippen LogP) is 0.574. The number of nitrogens with one attached hydrogen (secondary N) is 1. The molecule has 0 unspecified atom stereocenters. The Hall–Kier alpha value is -1.36. The van der Waals surface area contributed by atoms with Gasteiger partial charge in [0.25, 0.3) is 0 Å². The molecule has 0 saturated heterocycles. The van der Waals surface area contributed by atoms with Gasteiger partial charge >= 0.3 is 0 Å². The van der Waals surface area contributed by atoms with E-state index in [1.54, 1.807) is 17.6 Å². The quantitative estimate of drug-likeness (QED) is 0.394. The van der Waals surface area contributed by atoms with Crippen molar-refractivity contribution in [2.75, 3.05) is 0 Å². The average Bonchev–Trinajstić information content (AvgIpc) is 2.50. The molecule has 1 heterocycles. The normalized spacial score (nSPS) is 11.3. The van der Waals surface area contributed by atoms with Crippen molar-refractivity contribution in [3.05, 3.63) is 22.4 Å². The lowest BCUT2D eigenvalue weighted by atomic mass is 10.5. The van der Waals surface area contributed by atoms with E-state index in [2.05, 4.69) is 15.7 Å². The maximum Gasteiger partial charge on any atom is 0.108 e. The molecule has 0 bridgehead atoms. The first-order valence-corrected chi connectivity index (χ1v) is 3.86. The fourth-order valence-corrected chi connectivity index (χ4v) is 1.11. The zero-order chi connectivity index (χ0) is 7.94. The Morgan fingerprint density at radius 3 is 3.09 bits per heavy atom. The highest BCUT2D eigenvalue weighted by atomic mass is 32.1. The van der Waals surface area contributed by atoms with E-state index in [9.17, 15) is 0 Å². The fraction of sp³-hybridized carbons (Fsp3) is 0. The van der Waals surface area contributed by atoms with E-state index in [-0.39, 0.29) is 0 Å². The monoisotopic (exact) mass is 168 g/mol. The van der Waals surface area contributed by atoms with Crippen LogP contribution in [0.2, 0.25) is 0 Å². The summed E-state index contributed by atoms with van der Waals surface area (Å²) in [6.07, 6.45) is 2.82. The lowest BCUT2D eigenvalue weighted by Crippen LogP contribution is -1.99. The molecule has 3 N–H and O–H groups in total. The third kappa shape index (κ3) is 2.81. The number of hydrogen-bond acceptors (Lipinski definition) is 4. The van der Waals surface area contributed by atoms with Crippen LogP contribution in [0.1, 0.15) is 4.88 Å². The van der Waals surface area contributed by atoms with E-state index in [1.165, 1.54) is 0 Å². The van der Waals surface area contributed by atoms with E-state index >= 15 is 0 Å². The van der Waals surface area contributed by atoms with Crippen molar-refractivity contribution in [2.24, 2.45) is 15.9 Å². The van der Waals surface area contributed by atoms with Crippen LogP contribution in [0.15, 0.2) is 27.7 Å². The summed E-state index contributed by atoms with van der Waals surface area (Å²) in [5, 5.41) is 9.22. The molecule has 0 radical (unpaired) electrons. The van der Waals surface area contributed by atoms with Crippen LogP contribution >= 0.6 is 11.3 Å². The first-order chi connectivity index (χ1) is 5.43. The zero-order valence-corrected chi connectivity index (χ0v) is 6.58. The van der Waals surface area contributed by atoms with Crippen LogP contribution < -0.4 is 11.3 Å². The van der Waals surface area contributed by atoms with Crippen LogP contribution in [0.3, 0.4) is 0 Å². The fourth-order valence-electron chi connectivity index (χ4n) is 0.524.